The van der Waals surface area contributed by atoms with Crippen LogP contribution in [0.15, 0.2) is 21.3 Å². The lowest BCUT2D eigenvalue weighted by molar-refractivity contribution is -0.124. The van der Waals surface area contributed by atoms with Gasteiger partial charge in [-0.05, 0) is 31.9 Å². The van der Waals surface area contributed by atoms with Gasteiger partial charge in [0.05, 0.1) is 12.5 Å². The number of carbonyl (C=O) groups is 1. The molecule has 9 heteroatoms. The zero-order valence-electron chi connectivity index (χ0n) is 12.8. The van der Waals surface area contributed by atoms with Gasteiger partial charge in [0.15, 0.2) is 5.17 Å². The summed E-state index contributed by atoms with van der Waals surface area (Å²) >= 11 is 2.80. The van der Waals surface area contributed by atoms with Gasteiger partial charge in [-0.2, -0.15) is 4.31 Å². The molecule has 23 heavy (non-hydrogen) atoms. The molecular weight excluding hydrogens is 354 g/mol. The summed E-state index contributed by atoms with van der Waals surface area (Å²) in [6.07, 6.45) is 1.40. The molecule has 1 N–H and O–H groups in total. The molecule has 2 aliphatic rings. The van der Waals surface area contributed by atoms with E-state index in [-0.39, 0.29) is 18.4 Å². The summed E-state index contributed by atoms with van der Waals surface area (Å²) in [6.45, 7) is 3.32. The van der Waals surface area contributed by atoms with Gasteiger partial charge in [-0.25, -0.2) is 8.42 Å². The Morgan fingerprint density at radius 1 is 1.43 bits per heavy atom. The Bertz CT molecular complexity index is 727. The Labute approximate surface area is 144 Å². The van der Waals surface area contributed by atoms with E-state index in [1.807, 2.05) is 6.92 Å². The fourth-order valence-corrected chi connectivity index (χ4v) is 6.36. The van der Waals surface area contributed by atoms with Crippen LogP contribution in [0.2, 0.25) is 0 Å². The molecule has 0 unspecified atom stereocenters. The van der Waals surface area contributed by atoms with Crippen LogP contribution in [0, 0.1) is 12.8 Å². The number of thioether (sulfide) groups is 1. The smallest absolute Gasteiger partial charge is 0.252 e. The van der Waals surface area contributed by atoms with Gasteiger partial charge in [-0.1, -0.05) is 11.8 Å². The molecule has 126 valence electrons. The Morgan fingerprint density at radius 2 is 2.26 bits per heavy atom. The van der Waals surface area contributed by atoms with Crippen LogP contribution in [0.4, 0.5) is 0 Å². The van der Waals surface area contributed by atoms with Crippen LogP contribution in [0.25, 0.3) is 0 Å². The summed E-state index contributed by atoms with van der Waals surface area (Å²) in [7, 11) is -3.50. The van der Waals surface area contributed by atoms with Crippen LogP contribution >= 0.6 is 23.1 Å². The third kappa shape index (κ3) is 3.78. The summed E-state index contributed by atoms with van der Waals surface area (Å²) in [5, 5.41) is 3.48. The molecule has 1 atom stereocenters. The topological polar surface area (TPSA) is 78.8 Å². The van der Waals surface area contributed by atoms with Crippen LogP contribution in [-0.4, -0.2) is 49.2 Å². The zero-order chi connectivity index (χ0) is 16.4. The summed E-state index contributed by atoms with van der Waals surface area (Å²) < 4.78 is 27.2. The highest BCUT2D eigenvalue weighted by Gasteiger charge is 2.34. The summed E-state index contributed by atoms with van der Waals surface area (Å²) in [5.41, 5.74) is 0. The molecule has 0 radical (unpaired) electrons. The van der Waals surface area contributed by atoms with Gasteiger partial charge < -0.3 is 5.32 Å². The Kier molecular flexibility index (Phi) is 5.10. The van der Waals surface area contributed by atoms with E-state index < -0.39 is 10.0 Å². The Balaban J connectivity index is 1.69. The molecule has 0 aromatic carbocycles. The lowest BCUT2D eigenvalue weighted by Gasteiger charge is -2.30. The molecule has 3 rings (SSSR count). The number of nitrogens with one attached hydrogen (secondary N) is 1. The molecule has 1 saturated heterocycles. The molecule has 1 amide bonds. The summed E-state index contributed by atoms with van der Waals surface area (Å²) in [5.74, 6) is 0.447. The average Bonchev–Trinajstić information content (AvgIpc) is 3.19. The maximum absolute atomic E-state index is 12.7. The van der Waals surface area contributed by atoms with E-state index in [2.05, 4.69) is 10.3 Å². The minimum Gasteiger partial charge on any atom is -0.305 e. The molecule has 0 aliphatic carbocycles. The molecule has 1 fully saturated rings. The highest BCUT2D eigenvalue weighted by Crippen LogP contribution is 2.28. The van der Waals surface area contributed by atoms with Crippen molar-refractivity contribution in [3.63, 3.8) is 0 Å². The Hall–Kier alpha value is -0.900. The first-order valence-electron chi connectivity index (χ1n) is 7.51. The van der Waals surface area contributed by atoms with Crippen LogP contribution < -0.4 is 5.32 Å². The van der Waals surface area contributed by atoms with Crippen LogP contribution in [0.1, 0.15) is 17.7 Å². The summed E-state index contributed by atoms with van der Waals surface area (Å²) in [4.78, 5) is 17.5. The third-order valence-electron chi connectivity index (χ3n) is 3.88. The number of aryl methyl sites for hydroxylation is 1. The fraction of sp³-hybridized carbons (Fsp3) is 0.571. The van der Waals surface area contributed by atoms with Crippen molar-refractivity contribution in [3.05, 3.63) is 17.0 Å². The second kappa shape index (κ2) is 6.92. The molecular formula is C14H19N3O3S3. The number of carbonyl (C=O) groups excluding carboxylic acids is 1. The van der Waals surface area contributed by atoms with E-state index in [1.165, 1.54) is 27.4 Å². The van der Waals surface area contributed by atoms with E-state index in [0.717, 1.165) is 17.2 Å². The number of nitrogens with zero attached hydrogens (tertiary/aromatic N) is 2. The van der Waals surface area contributed by atoms with Crippen molar-refractivity contribution in [1.82, 2.24) is 9.62 Å². The second-order valence-electron chi connectivity index (χ2n) is 5.59. The average molecular weight is 374 g/mol. The standard InChI is InChI=1S/C14H19N3O3S3/c1-10-4-5-12(22-10)23(19,20)17-7-2-3-11(9-17)13(18)16-14-15-6-8-21-14/h4-5,11H,2-3,6-9H2,1H3,(H,15,16,18)/t11-/m0/s1. The second-order valence-corrected chi connectivity index (χ2v) is 10.1. The van der Waals surface area contributed by atoms with Gasteiger partial charge in [0.2, 0.25) is 5.91 Å². The number of rotatable bonds is 3. The number of hydrogen-bond acceptors (Lipinski definition) is 6. The van der Waals surface area contributed by atoms with Crippen LogP contribution in [-0.2, 0) is 14.8 Å². The predicted molar refractivity (Wildman–Crippen MR) is 93.4 cm³/mol. The first kappa shape index (κ1) is 16.9. The van der Waals surface area contributed by atoms with Crippen LogP contribution in [0.3, 0.4) is 0 Å². The van der Waals surface area contributed by atoms with Crippen molar-refractivity contribution in [2.24, 2.45) is 10.9 Å². The molecule has 3 heterocycles. The van der Waals surface area contributed by atoms with Gasteiger partial charge in [0, 0.05) is 23.7 Å². The van der Waals surface area contributed by atoms with Gasteiger partial charge in [-0.3, -0.25) is 9.79 Å². The SMILES string of the molecule is Cc1ccc(S(=O)(=O)N2CCC[C@H](C(=O)NC3=NCCS3)C2)s1. The quantitative estimate of drug-likeness (QED) is 0.874. The van der Waals surface area contributed by atoms with Crippen molar-refractivity contribution >= 4 is 44.2 Å². The van der Waals surface area contributed by atoms with Crippen molar-refractivity contribution in [2.45, 2.75) is 24.0 Å². The van der Waals surface area contributed by atoms with Crippen molar-refractivity contribution in [2.75, 3.05) is 25.4 Å². The number of piperidine rings is 1. The molecule has 0 spiro atoms. The zero-order valence-corrected chi connectivity index (χ0v) is 15.3. The fourth-order valence-electron chi connectivity index (χ4n) is 2.67. The molecule has 6 nitrogen and oxygen atoms in total. The summed E-state index contributed by atoms with van der Waals surface area (Å²) in [6, 6.07) is 3.45. The maximum atomic E-state index is 12.7. The molecule has 1 aromatic rings. The lowest BCUT2D eigenvalue weighted by Crippen LogP contribution is -2.45. The monoisotopic (exact) mass is 373 g/mol. The minimum absolute atomic E-state index is 0.125. The van der Waals surface area contributed by atoms with E-state index in [1.54, 1.807) is 12.1 Å². The number of amidine groups is 1. The van der Waals surface area contributed by atoms with Crippen molar-refractivity contribution < 1.29 is 13.2 Å². The Morgan fingerprint density at radius 3 is 2.91 bits per heavy atom. The number of aliphatic imine (C=N–C) groups is 1. The predicted octanol–water partition coefficient (Wildman–Crippen LogP) is 1.68. The number of amides is 1. The van der Waals surface area contributed by atoms with Crippen LogP contribution in [0.5, 0.6) is 0 Å². The van der Waals surface area contributed by atoms with Gasteiger partial charge >= 0.3 is 0 Å². The first-order chi connectivity index (χ1) is 11.0. The van der Waals surface area contributed by atoms with Gasteiger partial charge in [0.1, 0.15) is 4.21 Å². The van der Waals surface area contributed by atoms with E-state index in [0.29, 0.717) is 28.8 Å². The van der Waals surface area contributed by atoms with Gasteiger partial charge in [0.25, 0.3) is 10.0 Å². The number of sulfonamides is 1. The van der Waals surface area contributed by atoms with E-state index in [4.69, 9.17) is 0 Å². The van der Waals surface area contributed by atoms with Crippen molar-refractivity contribution in [3.8, 4) is 0 Å². The van der Waals surface area contributed by atoms with E-state index >= 15 is 0 Å². The number of thiophene rings is 1. The largest absolute Gasteiger partial charge is 0.305 e. The lowest BCUT2D eigenvalue weighted by atomic mass is 9.99. The number of hydrogen-bond donors (Lipinski definition) is 1. The molecule has 0 bridgehead atoms. The highest BCUT2D eigenvalue weighted by atomic mass is 32.2. The third-order valence-corrected chi connectivity index (χ3v) is 8.10. The first-order valence-corrected chi connectivity index (χ1v) is 10.8. The van der Waals surface area contributed by atoms with Gasteiger partial charge in [-0.15, -0.1) is 11.3 Å². The molecule has 1 aromatic heterocycles. The highest BCUT2D eigenvalue weighted by molar-refractivity contribution is 8.14. The van der Waals surface area contributed by atoms with Crippen molar-refractivity contribution in [1.29, 1.82) is 0 Å². The minimum atomic E-state index is -3.50. The molecule has 2 aliphatic heterocycles. The molecule has 0 saturated carbocycles. The maximum Gasteiger partial charge on any atom is 0.252 e. The normalized spacial score (nSPS) is 22.8. The van der Waals surface area contributed by atoms with E-state index in [9.17, 15) is 13.2 Å².